The number of nitriles is 8. The average molecular weight is 1520 g/mol. The van der Waals surface area contributed by atoms with E-state index in [4.69, 9.17) is 24.9 Å². The molecular formula is C105H49N15. The van der Waals surface area contributed by atoms with Gasteiger partial charge in [-0.25, -0.2) is 34.9 Å². The molecule has 0 atom stereocenters. The normalized spacial score (nSPS) is 11.3. The van der Waals surface area contributed by atoms with Gasteiger partial charge in [0.05, 0.1) is 88.6 Å². The molecular weight excluding hydrogens is 1470 g/mol. The lowest BCUT2D eigenvalue weighted by Gasteiger charge is -2.14. The third kappa shape index (κ3) is 11.3. The van der Waals surface area contributed by atoms with Crippen LogP contribution in [0.3, 0.4) is 0 Å². The number of pyridine rings is 1. The van der Waals surface area contributed by atoms with E-state index in [1.807, 2.05) is 115 Å². The maximum absolute atomic E-state index is 9.61. The molecule has 0 spiro atoms. The first-order chi connectivity index (χ1) is 59.1. The molecule has 4 aromatic heterocycles. The molecule has 24 aromatic rings. The van der Waals surface area contributed by atoms with Crippen LogP contribution in [0.25, 0.3) is 217 Å². The van der Waals surface area contributed by atoms with Crippen LogP contribution in [0, 0.1) is 90.6 Å². The van der Waals surface area contributed by atoms with E-state index in [-0.39, 0.29) is 0 Å². The van der Waals surface area contributed by atoms with Gasteiger partial charge in [-0.1, -0.05) is 152 Å². The Hall–Kier alpha value is -18.1. The molecule has 15 nitrogen and oxygen atoms in total. The second-order valence-electron chi connectivity index (χ2n) is 29.5. The summed E-state index contributed by atoms with van der Waals surface area (Å²) in [5.74, 6) is 0. The van der Waals surface area contributed by atoms with Crippen LogP contribution in [0.4, 0.5) is 0 Å². The molecule has 0 bridgehead atoms. The van der Waals surface area contributed by atoms with E-state index >= 15 is 0 Å². The Morgan fingerprint density at radius 2 is 0.325 bits per heavy atom. The lowest BCUT2D eigenvalue weighted by atomic mass is 9.89. The molecule has 544 valence electrons. The predicted molar refractivity (Wildman–Crippen MR) is 478 cm³/mol. The average Bonchev–Trinajstić information content (AvgIpc) is 0.739. The lowest BCUT2D eigenvalue weighted by Crippen LogP contribution is -1.96. The van der Waals surface area contributed by atoms with Crippen molar-refractivity contribution in [3.05, 3.63) is 342 Å². The van der Waals surface area contributed by atoms with Crippen LogP contribution < -0.4 is 0 Å². The number of hydrogen-bond acceptors (Lipinski definition) is 15. The topological polar surface area (TPSA) is 281 Å². The number of hydrogen-bond donors (Lipinski definition) is 0. The third-order valence-corrected chi connectivity index (χ3v) is 22.9. The van der Waals surface area contributed by atoms with Gasteiger partial charge in [0.2, 0.25) is 0 Å². The van der Waals surface area contributed by atoms with Gasteiger partial charge in [0.1, 0.15) is 48.6 Å². The molecule has 0 radical (unpaired) electrons. The summed E-state index contributed by atoms with van der Waals surface area (Å²) in [6.45, 7) is 0. The van der Waals surface area contributed by atoms with Crippen LogP contribution in [-0.4, -0.2) is 34.9 Å². The molecule has 0 amide bonds. The summed E-state index contributed by atoms with van der Waals surface area (Å²) in [7, 11) is 0. The summed E-state index contributed by atoms with van der Waals surface area (Å²) in [5.41, 5.74) is 10.1. The van der Waals surface area contributed by atoms with Gasteiger partial charge < -0.3 is 0 Å². The SMILES string of the molecule is N#Cc1cc2c(cc1C#N)c1cc3ccccc3cc1c1cc3ccccc3cc21.N#Cc1cc2c3cc4ccccc4cc3c3cc4ccccc4nc3c2cc1C#N.N#Cc1cc2c3cc4ccccc4cc3c3nc4ccccc4nc3c2cc1C#N.N#Cc1cc2c3cc4ccccc4cc3c3nc4nccnc4nc3c2cc1C#N. The highest BCUT2D eigenvalue weighted by atomic mass is 15.0. The maximum Gasteiger partial charge on any atom is 0.198 e. The van der Waals surface area contributed by atoms with E-state index in [2.05, 4.69) is 204 Å². The van der Waals surface area contributed by atoms with Gasteiger partial charge >= 0.3 is 0 Å². The predicted octanol–water partition coefficient (Wildman–Crippen LogP) is 24.5. The highest BCUT2D eigenvalue weighted by Crippen LogP contribution is 2.45. The standard InChI is InChI=1S/C28H14N2.C27H13N3.C26H12N4.C24H10N6/c29-15-21-13-27-25-11-19-7-3-1-5-17(19)9-23(25)24-10-18-6-2-4-8-20(18)12-26(24)28(27)14-22(21)16-30;28-14-19-12-23-21-9-16-5-1-2-6-17(16)10-22(21)24-11-18-7-3-4-8-26(18)30-27(24)25(23)13-20(19)15-29;27-13-17-11-20-19-9-15-5-1-2-6-16(15)10-21(19)25-26(22(20)12-18(17)14-28)30-24-8-4-3-7-23(24)29-25;25-11-15-9-18-17-7-13-3-1-2-4-14(13)8-19(17)21-22(20(18)10-16(15)12-26)30-24-23(29-21)27-5-6-28-24/h1-14H;1-13H;1-12H;1-10H. The first-order valence-electron chi connectivity index (χ1n) is 38.3. The monoisotopic (exact) mass is 1520 g/mol. The number of rotatable bonds is 0. The van der Waals surface area contributed by atoms with Gasteiger partial charge in [-0.05, 0) is 257 Å². The van der Waals surface area contributed by atoms with E-state index in [0.29, 0.717) is 66.8 Å². The van der Waals surface area contributed by atoms with Gasteiger partial charge in [-0.2, -0.15) is 42.1 Å². The Balaban J connectivity index is 0.0000000990. The van der Waals surface area contributed by atoms with Crippen molar-refractivity contribution in [1.29, 1.82) is 42.1 Å². The van der Waals surface area contributed by atoms with Crippen LogP contribution in [0.15, 0.2) is 298 Å². The number of aromatic nitrogens is 7. The zero-order chi connectivity index (χ0) is 81.0. The first-order valence-corrected chi connectivity index (χ1v) is 38.3. The fourth-order valence-electron chi connectivity index (χ4n) is 17.3. The Kier molecular flexibility index (Phi) is 16.3. The van der Waals surface area contributed by atoms with E-state index in [9.17, 15) is 42.1 Å². The summed E-state index contributed by atoms with van der Waals surface area (Å²) in [4.78, 5) is 33.0. The highest BCUT2D eigenvalue weighted by Gasteiger charge is 2.22. The molecule has 0 unspecified atom stereocenters. The Bertz CT molecular complexity index is 7610. The minimum absolute atomic E-state index is 0.312. The van der Waals surface area contributed by atoms with Crippen molar-refractivity contribution in [2.75, 3.05) is 0 Å². The second kappa shape index (κ2) is 27.9. The largest absolute Gasteiger partial charge is 0.247 e. The van der Waals surface area contributed by atoms with Crippen molar-refractivity contribution in [3.8, 4) is 48.6 Å². The zero-order valence-electron chi connectivity index (χ0n) is 63.0. The van der Waals surface area contributed by atoms with E-state index in [1.165, 1.54) is 10.8 Å². The van der Waals surface area contributed by atoms with Crippen LogP contribution in [0.1, 0.15) is 44.5 Å². The molecule has 120 heavy (non-hydrogen) atoms. The van der Waals surface area contributed by atoms with Crippen molar-refractivity contribution < 1.29 is 0 Å². The van der Waals surface area contributed by atoms with Crippen molar-refractivity contribution in [1.82, 2.24) is 34.9 Å². The third-order valence-electron chi connectivity index (χ3n) is 22.9. The summed E-state index contributed by atoms with van der Waals surface area (Å²) in [5, 5.41) is 108. The molecule has 0 saturated heterocycles. The van der Waals surface area contributed by atoms with Crippen molar-refractivity contribution >= 4 is 217 Å². The molecule has 0 N–H and O–H groups in total. The molecule has 0 aliphatic heterocycles. The van der Waals surface area contributed by atoms with Crippen LogP contribution in [0.5, 0.6) is 0 Å². The molecule has 20 aromatic carbocycles. The minimum atomic E-state index is 0.312. The van der Waals surface area contributed by atoms with Gasteiger partial charge in [0.25, 0.3) is 0 Å². The fraction of sp³-hybridized carbons (Fsp3) is 0. The molecule has 4 heterocycles. The van der Waals surface area contributed by atoms with E-state index in [1.54, 1.807) is 36.7 Å². The molecule has 24 rings (SSSR count). The van der Waals surface area contributed by atoms with Gasteiger partial charge in [-0.15, -0.1) is 0 Å². The Morgan fingerprint density at radius 3 is 0.600 bits per heavy atom. The Morgan fingerprint density at radius 1 is 0.158 bits per heavy atom. The number of nitrogens with zero attached hydrogens (tertiary/aromatic N) is 15. The zero-order valence-corrected chi connectivity index (χ0v) is 63.0. The highest BCUT2D eigenvalue weighted by molar-refractivity contribution is 6.32. The molecule has 0 aliphatic carbocycles. The molecule has 0 saturated carbocycles. The van der Waals surface area contributed by atoms with Crippen LogP contribution in [-0.2, 0) is 0 Å². The number of fused-ring (bicyclic) bond motifs is 32. The second-order valence-corrected chi connectivity index (χ2v) is 29.5. The molecule has 0 fully saturated rings. The smallest absolute Gasteiger partial charge is 0.198 e. The Labute approximate surface area is 680 Å². The minimum Gasteiger partial charge on any atom is -0.247 e. The fourth-order valence-corrected chi connectivity index (χ4v) is 17.3. The van der Waals surface area contributed by atoms with Crippen LogP contribution in [0.2, 0.25) is 0 Å². The lowest BCUT2D eigenvalue weighted by molar-refractivity contribution is 1.20. The number of benzene rings is 20. The summed E-state index contributed by atoms with van der Waals surface area (Å²) < 4.78 is 0. The summed E-state index contributed by atoms with van der Waals surface area (Å²) in [6, 6.07) is 113. The van der Waals surface area contributed by atoms with Gasteiger partial charge in [-0.3, -0.25) is 0 Å². The summed E-state index contributed by atoms with van der Waals surface area (Å²) in [6.07, 6.45) is 3.17. The quantitative estimate of drug-likeness (QED) is 0.101. The maximum atomic E-state index is 9.61. The van der Waals surface area contributed by atoms with Crippen molar-refractivity contribution in [2.24, 2.45) is 0 Å². The first kappa shape index (κ1) is 69.8. The van der Waals surface area contributed by atoms with E-state index in [0.717, 1.165) is 184 Å². The van der Waals surface area contributed by atoms with Crippen molar-refractivity contribution in [2.45, 2.75) is 0 Å². The number of para-hydroxylation sites is 3. The van der Waals surface area contributed by atoms with E-state index < -0.39 is 0 Å². The van der Waals surface area contributed by atoms with Crippen LogP contribution >= 0.6 is 0 Å². The van der Waals surface area contributed by atoms with Gasteiger partial charge in [0, 0.05) is 50.1 Å². The molecule has 0 aliphatic rings. The van der Waals surface area contributed by atoms with Gasteiger partial charge in [0.15, 0.2) is 11.3 Å². The summed E-state index contributed by atoms with van der Waals surface area (Å²) >= 11 is 0. The van der Waals surface area contributed by atoms with Crippen molar-refractivity contribution in [3.63, 3.8) is 0 Å². The molecule has 15 heteroatoms.